The average Bonchev–Trinajstić information content (AvgIpc) is 2.93. The van der Waals surface area contributed by atoms with Crippen LogP contribution in [0.1, 0.15) is 11.1 Å². The van der Waals surface area contributed by atoms with Crippen molar-refractivity contribution in [2.45, 2.75) is 18.7 Å². The molecule has 2 aromatic carbocycles. The molecule has 8 nitrogen and oxygen atoms in total. The zero-order valence-electron chi connectivity index (χ0n) is 14.4. The zero-order valence-corrected chi connectivity index (χ0v) is 15.2. The van der Waals surface area contributed by atoms with E-state index in [1.165, 1.54) is 31.3 Å². The Balaban J connectivity index is 2.01. The van der Waals surface area contributed by atoms with Crippen molar-refractivity contribution < 1.29 is 18.6 Å². The van der Waals surface area contributed by atoms with Crippen LogP contribution in [0.25, 0.3) is 10.9 Å². The number of phenolic OH excluding ortho intramolecular Hbond substituents is 1. The molecule has 0 saturated heterocycles. The van der Waals surface area contributed by atoms with Crippen molar-refractivity contribution in [3.05, 3.63) is 41.5 Å². The van der Waals surface area contributed by atoms with Gasteiger partial charge in [-0.2, -0.15) is 5.11 Å². The number of aryl methyl sites for hydroxylation is 2. The van der Waals surface area contributed by atoms with Crippen LogP contribution in [0.2, 0.25) is 0 Å². The molecule has 0 spiro atoms. The lowest BCUT2D eigenvalue weighted by Crippen LogP contribution is -2.18. The number of azo groups is 1. The van der Waals surface area contributed by atoms with Crippen molar-refractivity contribution in [1.29, 1.82) is 0 Å². The second-order valence-corrected chi connectivity index (χ2v) is 7.70. The number of aromatic nitrogens is 1. The van der Waals surface area contributed by atoms with Gasteiger partial charge in [-0.1, -0.05) is 0 Å². The Bertz CT molecular complexity index is 1120. The largest absolute Gasteiger partial charge is 0.507 e. The number of phenols is 1. The summed E-state index contributed by atoms with van der Waals surface area (Å²) in [6, 6.07) is 7.56. The maximum Gasteiger partial charge on any atom is 0.240 e. The van der Waals surface area contributed by atoms with Gasteiger partial charge >= 0.3 is 0 Å². The maximum atomic E-state index is 11.7. The fourth-order valence-electron chi connectivity index (χ4n) is 2.70. The third kappa shape index (κ3) is 3.02. The number of hydrogen-bond acceptors (Lipinski definition) is 6. The number of nitrogens with zero attached hydrogens (tertiary/aromatic N) is 2. The predicted octanol–water partition coefficient (Wildman–Crippen LogP) is 3.52. The quantitative estimate of drug-likeness (QED) is 0.521. The normalized spacial score (nSPS) is 12.3. The van der Waals surface area contributed by atoms with E-state index in [0.717, 1.165) is 0 Å². The lowest BCUT2D eigenvalue weighted by Gasteiger charge is -2.04. The molecule has 1 aromatic heterocycles. The zero-order chi connectivity index (χ0) is 19.1. The summed E-state index contributed by atoms with van der Waals surface area (Å²) in [5.41, 5.74) is 2.53. The van der Waals surface area contributed by atoms with E-state index in [4.69, 9.17) is 0 Å². The lowest BCUT2D eigenvalue weighted by molar-refractivity contribution is 0.459. The topological polar surface area (TPSA) is 127 Å². The number of fused-ring (bicyclic) bond motifs is 1. The molecule has 0 aliphatic carbocycles. The summed E-state index contributed by atoms with van der Waals surface area (Å²) >= 11 is 0. The van der Waals surface area contributed by atoms with Crippen LogP contribution in [0.15, 0.2) is 45.5 Å². The first-order valence-corrected chi connectivity index (χ1v) is 9.22. The smallest absolute Gasteiger partial charge is 0.240 e. The highest BCUT2D eigenvalue weighted by Gasteiger charge is 2.17. The second-order valence-electron chi connectivity index (χ2n) is 5.81. The van der Waals surface area contributed by atoms with Gasteiger partial charge in [-0.05, 0) is 56.8 Å². The molecule has 0 aliphatic rings. The standard InChI is InChI=1S/C17H18N4O4S/c1-9-8-13-14(10(2)16(9)22)15(17(23)19-13)21-20-11-4-6-12(7-5-11)26(24,25)18-3/h4-8,18-19,22-23H,1-3H3. The number of hydrogen-bond donors (Lipinski definition) is 4. The van der Waals surface area contributed by atoms with Gasteiger partial charge in [-0.15, -0.1) is 5.11 Å². The monoisotopic (exact) mass is 374 g/mol. The summed E-state index contributed by atoms with van der Waals surface area (Å²) in [6.07, 6.45) is 0. The van der Waals surface area contributed by atoms with E-state index in [1.54, 1.807) is 19.9 Å². The van der Waals surface area contributed by atoms with E-state index in [0.29, 0.717) is 27.7 Å². The summed E-state index contributed by atoms with van der Waals surface area (Å²) in [5.74, 6) is -0.0270. The number of benzene rings is 2. The van der Waals surface area contributed by atoms with Crippen LogP contribution in [0.5, 0.6) is 11.6 Å². The Labute approximate surface area is 150 Å². The average molecular weight is 374 g/mol. The van der Waals surface area contributed by atoms with E-state index in [9.17, 15) is 18.6 Å². The number of sulfonamides is 1. The van der Waals surface area contributed by atoms with E-state index in [1.807, 2.05) is 0 Å². The van der Waals surface area contributed by atoms with Crippen molar-refractivity contribution in [2.24, 2.45) is 10.2 Å². The Kier molecular flexibility index (Phi) is 4.43. The number of aromatic amines is 1. The third-order valence-electron chi connectivity index (χ3n) is 4.13. The fourth-order valence-corrected chi connectivity index (χ4v) is 3.43. The summed E-state index contributed by atoms with van der Waals surface area (Å²) in [6.45, 7) is 3.50. The molecular weight excluding hydrogens is 356 g/mol. The van der Waals surface area contributed by atoms with Crippen molar-refractivity contribution in [3.63, 3.8) is 0 Å². The number of nitrogens with one attached hydrogen (secondary N) is 2. The minimum absolute atomic E-state index is 0.116. The molecule has 4 N–H and O–H groups in total. The molecule has 0 unspecified atom stereocenters. The molecule has 9 heteroatoms. The van der Waals surface area contributed by atoms with Crippen molar-refractivity contribution >= 4 is 32.3 Å². The molecule has 26 heavy (non-hydrogen) atoms. The van der Waals surface area contributed by atoms with E-state index in [-0.39, 0.29) is 22.2 Å². The Morgan fingerprint density at radius 2 is 1.73 bits per heavy atom. The molecule has 0 fully saturated rings. The molecule has 0 amide bonds. The Morgan fingerprint density at radius 1 is 1.08 bits per heavy atom. The van der Waals surface area contributed by atoms with Crippen LogP contribution in [0.3, 0.4) is 0 Å². The minimum Gasteiger partial charge on any atom is -0.507 e. The third-order valence-corrected chi connectivity index (χ3v) is 5.56. The van der Waals surface area contributed by atoms with Gasteiger partial charge in [0.2, 0.25) is 15.9 Å². The lowest BCUT2D eigenvalue weighted by atomic mass is 10.1. The van der Waals surface area contributed by atoms with Gasteiger partial charge in [-0.3, -0.25) is 0 Å². The molecule has 0 aliphatic heterocycles. The molecule has 0 atom stereocenters. The minimum atomic E-state index is -3.52. The van der Waals surface area contributed by atoms with Gasteiger partial charge in [-0.25, -0.2) is 13.1 Å². The second kappa shape index (κ2) is 6.43. The highest BCUT2D eigenvalue weighted by Crippen LogP contribution is 2.42. The van der Waals surface area contributed by atoms with Gasteiger partial charge in [0.15, 0.2) is 5.69 Å². The summed E-state index contributed by atoms with van der Waals surface area (Å²) in [7, 11) is -2.18. The van der Waals surface area contributed by atoms with Crippen molar-refractivity contribution in [1.82, 2.24) is 9.71 Å². The van der Waals surface area contributed by atoms with E-state index >= 15 is 0 Å². The molecule has 3 aromatic rings. The van der Waals surface area contributed by atoms with Crippen molar-refractivity contribution in [3.8, 4) is 11.6 Å². The Hall–Kier alpha value is -2.91. The number of rotatable bonds is 4. The maximum absolute atomic E-state index is 11.7. The first kappa shape index (κ1) is 17.9. The van der Waals surface area contributed by atoms with Gasteiger partial charge in [0.25, 0.3) is 0 Å². The Morgan fingerprint density at radius 3 is 2.35 bits per heavy atom. The van der Waals surface area contributed by atoms with Crippen LogP contribution < -0.4 is 4.72 Å². The molecule has 3 rings (SSSR count). The van der Waals surface area contributed by atoms with Crippen molar-refractivity contribution in [2.75, 3.05) is 7.05 Å². The molecule has 0 bridgehead atoms. The van der Waals surface area contributed by atoms with E-state index < -0.39 is 10.0 Å². The number of H-pyrrole nitrogens is 1. The van der Waals surface area contributed by atoms with Crippen LogP contribution >= 0.6 is 0 Å². The van der Waals surface area contributed by atoms with Crippen LogP contribution in [0.4, 0.5) is 11.4 Å². The molecule has 0 radical (unpaired) electrons. The van der Waals surface area contributed by atoms with Gasteiger partial charge in [0.1, 0.15) is 5.75 Å². The fraction of sp³-hybridized carbons (Fsp3) is 0.176. The summed E-state index contributed by atoms with van der Waals surface area (Å²) in [5, 5.41) is 28.9. The highest BCUT2D eigenvalue weighted by atomic mass is 32.2. The summed E-state index contributed by atoms with van der Waals surface area (Å²) < 4.78 is 25.7. The van der Waals surface area contributed by atoms with Gasteiger partial charge in [0, 0.05) is 10.9 Å². The molecule has 1 heterocycles. The van der Waals surface area contributed by atoms with Crippen LogP contribution in [-0.4, -0.2) is 30.7 Å². The van der Waals surface area contributed by atoms with Crippen LogP contribution in [-0.2, 0) is 10.0 Å². The molecular formula is C17H18N4O4S. The first-order valence-electron chi connectivity index (χ1n) is 7.73. The van der Waals surface area contributed by atoms with E-state index in [2.05, 4.69) is 19.9 Å². The molecule has 136 valence electrons. The molecule has 0 saturated carbocycles. The SMILES string of the molecule is CNS(=O)(=O)c1ccc(N=Nc2c(O)[nH]c3cc(C)c(O)c(C)c23)cc1. The highest BCUT2D eigenvalue weighted by molar-refractivity contribution is 7.89. The van der Waals surface area contributed by atoms with Gasteiger partial charge < -0.3 is 15.2 Å². The van der Waals surface area contributed by atoms with Crippen LogP contribution in [0, 0.1) is 13.8 Å². The van der Waals surface area contributed by atoms with Gasteiger partial charge in [0.05, 0.1) is 16.1 Å². The predicted molar refractivity (Wildman–Crippen MR) is 98.0 cm³/mol. The summed E-state index contributed by atoms with van der Waals surface area (Å²) in [4.78, 5) is 2.93. The number of aromatic hydroxyl groups is 2. The first-order chi connectivity index (χ1) is 12.2.